The van der Waals surface area contributed by atoms with Crippen molar-refractivity contribution < 1.29 is 9.53 Å². The van der Waals surface area contributed by atoms with Crippen LogP contribution >= 0.6 is 0 Å². The highest BCUT2D eigenvalue weighted by Gasteiger charge is 2.24. The molecule has 0 unspecified atom stereocenters. The van der Waals surface area contributed by atoms with Gasteiger partial charge in [-0.05, 0) is 33.6 Å². The number of hydrogen-bond donors (Lipinski definition) is 0. The summed E-state index contributed by atoms with van der Waals surface area (Å²) >= 11 is 0. The first kappa shape index (κ1) is 13.5. The molecule has 0 heterocycles. The molecule has 1 aliphatic carbocycles. The summed E-state index contributed by atoms with van der Waals surface area (Å²) in [6.07, 6.45) is 9.64. The summed E-state index contributed by atoms with van der Waals surface area (Å²) in [5, 5.41) is 0. The first-order chi connectivity index (χ1) is 7.49. The quantitative estimate of drug-likeness (QED) is 0.630. The van der Waals surface area contributed by atoms with Gasteiger partial charge in [0.1, 0.15) is 5.60 Å². The van der Waals surface area contributed by atoms with Crippen LogP contribution in [0.25, 0.3) is 0 Å². The van der Waals surface area contributed by atoms with Crippen molar-refractivity contribution in [3.63, 3.8) is 0 Å². The second-order valence-electron chi connectivity index (χ2n) is 5.93. The Balaban J connectivity index is 2.44. The zero-order valence-corrected chi connectivity index (χ0v) is 11.1. The number of hydrogen-bond acceptors (Lipinski definition) is 2. The molecule has 2 nitrogen and oxygen atoms in total. The molecule has 1 rings (SSSR count). The molecule has 0 aromatic rings. The van der Waals surface area contributed by atoms with Gasteiger partial charge in [0, 0.05) is 0 Å². The average molecular weight is 226 g/mol. The SMILES string of the molecule is CC(C)(C)OC(=O)C1CCCCCCCC1. The maximum absolute atomic E-state index is 12.0. The first-order valence-electron chi connectivity index (χ1n) is 6.72. The highest BCUT2D eigenvalue weighted by molar-refractivity contribution is 5.72. The predicted octanol–water partition coefficient (Wildman–Crippen LogP) is 4.08. The van der Waals surface area contributed by atoms with Crippen LogP contribution in [0, 0.1) is 5.92 Å². The van der Waals surface area contributed by atoms with Crippen LogP contribution in [-0.4, -0.2) is 11.6 Å². The van der Waals surface area contributed by atoms with E-state index in [1.807, 2.05) is 20.8 Å². The second kappa shape index (κ2) is 6.27. The smallest absolute Gasteiger partial charge is 0.309 e. The summed E-state index contributed by atoms with van der Waals surface area (Å²) in [7, 11) is 0. The number of carbonyl (C=O) groups excluding carboxylic acids is 1. The Kier molecular flexibility index (Phi) is 5.30. The average Bonchev–Trinajstić information content (AvgIpc) is 2.27. The van der Waals surface area contributed by atoms with E-state index < -0.39 is 0 Å². The van der Waals surface area contributed by atoms with E-state index in [2.05, 4.69) is 0 Å². The Morgan fingerprint density at radius 1 is 0.938 bits per heavy atom. The lowest BCUT2D eigenvalue weighted by Gasteiger charge is -2.23. The van der Waals surface area contributed by atoms with Crippen LogP contribution in [0.15, 0.2) is 0 Å². The topological polar surface area (TPSA) is 26.3 Å². The van der Waals surface area contributed by atoms with Crippen molar-refractivity contribution in [1.29, 1.82) is 0 Å². The van der Waals surface area contributed by atoms with Gasteiger partial charge < -0.3 is 4.74 Å². The van der Waals surface area contributed by atoms with Gasteiger partial charge in [-0.15, -0.1) is 0 Å². The molecule has 0 atom stereocenters. The van der Waals surface area contributed by atoms with Crippen LogP contribution in [0.1, 0.15) is 72.1 Å². The van der Waals surface area contributed by atoms with Gasteiger partial charge in [-0.2, -0.15) is 0 Å². The van der Waals surface area contributed by atoms with Crippen LogP contribution in [-0.2, 0) is 9.53 Å². The third kappa shape index (κ3) is 5.53. The van der Waals surface area contributed by atoms with Gasteiger partial charge in [-0.3, -0.25) is 4.79 Å². The van der Waals surface area contributed by atoms with Crippen LogP contribution in [0.3, 0.4) is 0 Å². The van der Waals surface area contributed by atoms with Crippen molar-refractivity contribution in [2.45, 2.75) is 77.7 Å². The Morgan fingerprint density at radius 3 is 1.81 bits per heavy atom. The van der Waals surface area contributed by atoms with Crippen LogP contribution in [0.2, 0.25) is 0 Å². The maximum atomic E-state index is 12.0. The number of ether oxygens (including phenoxy) is 1. The summed E-state index contributed by atoms with van der Waals surface area (Å²) in [4.78, 5) is 12.0. The largest absolute Gasteiger partial charge is 0.460 e. The van der Waals surface area contributed by atoms with Crippen LogP contribution < -0.4 is 0 Å². The van der Waals surface area contributed by atoms with Crippen molar-refractivity contribution in [1.82, 2.24) is 0 Å². The van der Waals surface area contributed by atoms with E-state index in [-0.39, 0.29) is 17.5 Å². The Hall–Kier alpha value is -0.530. The third-order valence-corrected chi connectivity index (χ3v) is 3.10. The molecule has 0 aromatic carbocycles. The molecule has 16 heavy (non-hydrogen) atoms. The molecule has 0 aliphatic heterocycles. The van der Waals surface area contributed by atoms with E-state index in [0.29, 0.717) is 0 Å². The van der Waals surface area contributed by atoms with E-state index in [1.54, 1.807) is 0 Å². The molecular formula is C14H26O2. The van der Waals surface area contributed by atoms with E-state index >= 15 is 0 Å². The van der Waals surface area contributed by atoms with Gasteiger partial charge in [0.25, 0.3) is 0 Å². The number of esters is 1. The highest BCUT2D eigenvalue weighted by atomic mass is 16.6. The fourth-order valence-electron chi connectivity index (χ4n) is 2.25. The molecule has 1 saturated carbocycles. The molecule has 0 spiro atoms. The van der Waals surface area contributed by atoms with E-state index in [4.69, 9.17) is 4.74 Å². The van der Waals surface area contributed by atoms with E-state index in [1.165, 1.54) is 38.5 Å². The minimum Gasteiger partial charge on any atom is -0.460 e. The molecule has 1 fully saturated rings. The van der Waals surface area contributed by atoms with Crippen molar-refractivity contribution in [2.24, 2.45) is 5.92 Å². The lowest BCUT2D eigenvalue weighted by molar-refractivity contribution is -0.160. The van der Waals surface area contributed by atoms with Gasteiger partial charge in [0.15, 0.2) is 0 Å². The molecule has 94 valence electrons. The zero-order valence-electron chi connectivity index (χ0n) is 11.1. The van der Waals surface area contributed by atoms with Crippen LogP contribution in [0.4, 0.5) is 0 Å². The minimum absolute atomic E-state index is 0.0226. The Bertz CT molecular complexity index is 205. The normalized spacial score (nSPS) is 20.7. The Labute approximate surface area is 99.8 Å². The van der Waals surface area contributed by atoms with E-state index in [0.717, 1.165) is 12.8 Å². The summed E-state index contributed by atoms with van der Waals surface area (Å²) < 4.78 is 5.48. The fourth-order valence-corrected chi connectivity index (χ4v) is 2.25. The highest BCUT2D eigenvalue weighted by Crippen LogP contribution is 2.24. The van der Waals surface area contributed by atoms with Crippen molar-refractivity contribution in [3.05, 3.63) is 0 Å². The van der Waals surface area contributed by atoms with E-state index in [9.17, 15) is 4.79 Å². The molecule has 0 bridgehead atoms. The molecule has 0 aromatic heterocycles. The molecule has 0 radical (unpaired) electrons. The van der Waals surface area contributed by atoms with Gasteiger partial charge in [-0.1, -0.05) is 38.5 Å². The standard InChI is InChI=1S/C14H26O2/c1-14(2,3)16-13(15)12-10-8-6-4-5-7-9-11-12/h12H,4-11H2,1-3H3. The van der Waals surface area contributed by atoms with Gasteiger partial charge in [0.2, 0.25) is 0 Å². The first-order valence-corrected chi connectivity index (χ1v) is 6.72. The van der Waals surface area contributed by atoms with Gasteiger partial charge in [-0.25, -0.2) is 0 Å². The maximum Gasteiger partial charge on any atom is 0.309 e. The number of carbonyl (C=O) groups is 1. The predicted molar refractivity (Wildman–Crippen MR) is 66.3 cm³/mol. The molecular weight excluding hydrogens is 200 g/mol. The molecule has 0 saturated heterocycles. The van der Waals surface area contributed by atoms with Gasteiger partial charge >= 0.3 is 5.97 Å². The molecule has 0 N–H and O–H groups in total. The minimum atomic E-state index is -0.338. The van der Waals surface area contributed by atoms with Crippen molar-refractivity contribution in [3.8, 4) is 0 Å². The number of rotatable bonds is 1. The summed E-state index contributed by atoms with van der Waals surface area (Å²) in [5.74, 6) is 0.173. The molecule has 2 heteroatoms. The third-order valence-electron chi connectivity index (χ3n) is 3.10. The van der Waals surface area contributed by atoms with Crippen molar-refractivity contribution >= 4 is 5.97 Å². The molecule has 0 amide bonds. The van der Waals surface area contributed by atoms with Crippen molar-refractivity contribution in [2.75, 3.05) is 0 Å². The summed E-state index contributed by atoms with van der Waals surface area (Å²) in [5.41, 5.74) is -0.338. The monoisotopic (exact) mass is 226 g/mol. The lowest BCUT2D eigenvalue weighted by Crippen LogP contribution is -2.28. The fraction of sp³-hybridized carbons (Fsp3) is 0.929. The zero-order chi connectivity index (χ0) is 12.0. The summed E-state index contributed by atoms with van der Waals surface area (Å²) in [6, 6.07) is 0. The Morgan fingerprint density at radius 2 is 1.38 bits per heavy atom. The summed E-state index contributed by atoms with van der Waals surface area (Å²) in [6.45, 7) is 5.83. The van der Waals surface area contributed by atoms with Gasteiger partial charge in [0.05, 0.1) is 5.92 Å². The van der Waals surface area contributed by atoms with Crippen LogP contribution in [0.5, 0.6) is 0 Å². The molecule has 1 aliphatic rings. The lowest BCUT2D eigenvalue weighted by atomic mass is 9.97. The second-order valence-corrected chi connectivity index (χ2v) is 5.93.